The van der Waals surface area contributed by atoms with Gasteiger partial charge in [-0.1, -0.05) is 54.5 Å². The zero-order valence-corrected chi connectivity index (χ0v) is 34.0. The summed E-state index contributed by atoms with van der Waals surface area (Å²) in [6.07, 6.45) is 6.86. The van der Waals surface area contributed by atoms with Crippen LogP contribution in [0.1, 0.15) is 128 Å². The van der Waals surface area contributed by atoms with Crippen LogP contribution in [0.25, 0.3) is 0 Å². The Kier molecular flexibility index (Phi) is 9.02. The average Bonchev–Trinajstić information content (AvgIpc) is 3.60. The first-order valence-corrected chi connectivity index (χ1v) is 20.6. The van der Waals surface area contributed by atoms with E-state index in [9.17, 15) is 20.1 Å². The van der Waals surface area contributed by atoms with Crippen molar-refractivity contribution < 1.29 is 39.1 Å². The van der Waals surface area contributed by atoms with Gasteiger partial charge in [0.15, 0.2) is 11.9 Å². The van der Waals surface area contributed by atoms with Crippen molar-refractivity contribution in [1.82, 2.24) is 0 Å². The van der Waals surface area contributed by atoms with Gasteiger partial charge in [0.05, 0.1) is 36.6 Å². The summed E-state index contributed by atoms with van der Waals surface area (Å²) < 4.78 is 26.2. The van der Waals surface area contributed by atoms with Crippen molar-refractivity contribution in [3.8, 4) is 0 Å². The number of fused-ring (bicyclic) bond motifs is 4. The summed E-state index contributed by atoms with van der Waals surface area (Å²) in [5.41, 5.74) is 6.03. The lowest BCUT2D eigenvalue weighted by atomic mass is 9.37. The summed E-state index contributed by atoms with van der Waals surface area (Å²) >= 11 is 0. The zero-order valence-electron chi connectivity index (χ0n) is 34.0. The second-order valence-corrected chi connectivity index (χ2v) is 20.7. The van der Waals surface area contributed by atoms with Gasteiger partial charge in [-0.15, -0.1) is 6.58 Å². The van der Waals surface area contributed by atoms with E-state index in [0.29, 0.717) is 24.2 Å². The Labute approximate surface area is 313 Å². The van der Waals surface area contributed by atoms with E-state index >= 15 is 0 Å². The normalized spacial score (nSPS) is 55.7. The maximum absolute atomic E-state index is 12.3. The molecule has 2 spiro atoms. The first kappa shape index (κ1) is 39.2. The minimum Gasteiger partial charge on any atom is -0.457 e. The molecule has 0 aromatic heterocycles. The SMILES string of the molecule is C=C[C@@]12[C@@H](N)[C@H]3OC([C@H](OC(C)=O)C(C)(C)O)CC[C@@H](C)[C@@H]3[C@@]1(C)CC[C@]13[C@H]2CC[C@@]2(C)C(C)(C)[C@@H](O[C@]4(C)OC[C@@H](O)[C@H](O)[C@H]4C)CC[C@]12[C@H]3C. The van der Waals surface area contributed by atoms with E-state index in [1.807, 2.05) is 13.8 Å². The summed E-state index contributed by atoms with van der Waals surface area (Å²) in [7, 11) is 0. The largest absolute Gasteiger partial charge is 0.457 e. The minimum atomic E-state index is -1.27. The van der Waals surface area contributed by atoms with Crippen LogP contribution in [0.5, 0.6) is 0 Å². The van der Waals surface area contributed by atoms with E-state index < -0.39 is 41.8 Å². The minimum absolute atomic E-state index is 0.00683. The lowest BCUT2D eigenvalue weighted by Crippen LogP contribution is -2.65. The fraction of sp³-hybridized carbons (Fsp3) is 0.930. The molecule has 18 atom stereocenters. The van der Waals surface area contributed by atoms with Crippen LogP contribution < -0.4 is 5.73 Å². The molecule has 2 saturated heterocycles. The Morgan fingerprint density at radius 1 is 1.00 bits per heavy atom. The van der Waals surface area contributed by atoms with E-state index in [4.69, 9.17) is 24.7 Å². The summed E-state index contributed by atoms with van der Waals surface area (Å²) in [6, 6.07) is -0.279. The second kappa shape index (κ2) is 12.0. The Bertz CT molecular complexity index is 1450. The molecule has 0 aromatic carbocycles. The molecule has 5 saturated carbocycles. The Balaban J connectivity index is 1.23. The summed E-state index contributed by atoms with van der Waals surface area (Å²) in [4.78, 5) is 12.3. The van der Waals surface area contributed by atoms with Crippen LogP contribution in [0.2, 0.25) is 0 Å². The molecule has 2 aliphatic heterocycles. The molecule has 0 radical (unpaired) electrons. The van der Waals surface area contributed by atoms with Crippen LogP contribution in [0, 0.1) is 62.1 Å². The number of carbonyl (C=O) groups is 1. The number of esters is 1. The summed E-state index contributed by atoms with van der Waals surface area (Å²) in [5.74, 6) is -0.327. The van der Waals surface area contributed by atoms with E-state index in [1.165, 1.54) is 6.92 Å². The van der Waals surface area contributed by atoms with Crippen molar-refractivity contribution in [3.05, 3.63) is 12.7 Å². The molecule has 0 bridgehead atoms. The Morgan fingerprint density at radius 3 is 2.29 bits per heavy atom. The first-order chi connectivity index (χ1) is 24.0. The highest BCUT2D eigenvalue weighted by molar-refractivity contribution is 5.66. The first-order valence-electron chi connectivity index (χ1n) is 20.6. The number of ether oxygens (including phenoxy) is 4. The molecule has 0 amide bonds. The van der Waals surface area contributed by atoms with Gasteiger partial charge in [0.2, 0.25) is 0 Å². The van der Waals surface area contributed by atoms with E-state index in [1.54, 1.807) is 13.8 Å². The molecule has 7 fully saturated rings. The molecule has 7 rings (SSSR count). The van der Waals surface area contributed by atoms with Crippen LogP contribution in [0.15, 0.2) is 12.7 Å². The molecule has 1 unspecified atom stereocenters. The van der Waals surface area contributed by atoms with Gasteiger partial charge in [0.25, 0.3) is 0 Å². The van der Waals surface area contributed by atoms with Crippen LogP contribution in [0.3, 0.4) is 0 Å². The molecule has 5 N–H and O–H groups in total. The number of hydrogen-bond acceptors (Lipinski definition) is 9. The van der Waals surface area contributed by atoms with Gasteiger partial charge in [-0.3, -0.25) is 4.79 Å². The molecule has 0 aromatic rings. The predicted molar refractivity (Wildman–Crippen MR) is 199 cm³/mol. The number of nitrogens with two attached hydrogens (primary N) is 1. The number of hydrogen-bond donors (Lipinski definition) is 4. The molecule has 2 heterocycles. The van der Waals surface area contributed by atoms with Crippen LogP contribution in [-0.4, -0.2) is 81.9 Å². The van der Waals surface area contributed by atoms with Gasteiger partial charge in [-0.25, -0.2) is 0 Å². The highest BCUT2D eigenvalue weighted by atomic mass is 16.7. The van der Waals surface area contributed by atoms with Crippen molar-refractivity contribution >= 4 is 5.97 Å². The fourth-order valence-corrected chi connectivity index (χ4v) is 15.7. The molecule has 7 aliphatic rings. The van der Waals surface area contributed by atoms with E-state index in [2.05, 4.69) is 54.2 Å². The van der Waals surface area contributed by atoms with Gasteiger partial charge < -0.3 is 40.0 Å². The van der Waals surface area contributed by atoms with Crippen molar-refractivity contribution in [1.29, 1.82) is 0 Å². The smallest absolute Gasteiger partial charge is 0.303 e. The maximum Gasteiger partial charge on any atom is 0.303 e. The molecule has 9 nitrogen and oxygen atoms in total. The average molecular weight is 730 g/mol. The molecule has 296 valence electrons. The van der Waals surface area contributed by atoms with Crippen LogP contribution in [0.4, 0.5) is 0 Å². The molecular formula is C43H71NO8. The van der Waals surface area contributed by atoms with Crippen LogP contribution in [-0.2, 0) is 23.7 Å². The number of aliphatic hydroxyl groups is 3. The van der Waals surface area contributed by atoms with E-state index in [-0.39, 0.29) is 69.2 Å². The van der Waals surface area contributed by atoms with Crippen LogP contribution >= 0.6 is 0 Å². The topological polar surface area (TPSA) is 141 Å². The van der Waals surface area contributed by atoms with Gasteiger partial charge in [-0.2, -0.15) is 0 Å². The molecular weight excluding hydrogens is 658 g/mol. The lowest BCUT2D eigenvalue weighted by molar-refractivity contribution is -0.350. The molecule has 52 heavy (non-hydrogen) atoms. The predicted octanol–water partition coefficient (Wildman–Crippen LogP) is 6.15. The zero-order chi connectivity index (χ0) is 38.4. The number of rotatable bonds is 6. The number of aliphatic hydroxyl groups excluding tert-OH is 2. The van der Waals surface area contributed by atoms with Gasteiger partial charge in [-0.05, 0) is 123 Å². The van der Waals surface area contributed by atoms with Crippen molar-refractivity contribution in [2.75, 3.05) is 6.61 Å². The third kappa shape index (κ3) is 4.56. The Hall–Kier alpha value is -1.07. The standard InChI is InChI=1S/C43H71NO8/c1-13-41-29-16-18-39(11)36(6,7)30(52-40(12)24(3)32(47)27(46)22-49-40)17-19-43(39)25(4)42(29,43)21-20-38(41,10)31-23(2)14-15-28(51-33(31)34(41)44)35(37(8,9)48)50-26(5)45/h13,23-25,27-35,46-48H,1,14-22,44H2,2-12H3/t23-,24-,25+,27-,28?,29+,30+,31+,32-,33+,34+,35+,38-,39+,40+,41-,42+,43-/m1/s1. The van der Waals surface area contributed by atoms with Crippen molar-refractivity contribution in [2.24, 2.45) is 67.8 Å². The third-order valence-electron chi connectivity index (χ3n) is 18.6. The quantitative estimate of drug-likeness (QED) is 0.144. The molecule has 9 heteroatoms. The van der Waals surface area contributed by atoms with Gasteiger partial charge in [0, 0.05) is 24.3 Å². The second-order valence-electron chi connectivity index (χ2n) is 20.7. The van der Waals surface area contributed by atoms with Crippen molar-refractivity contribution in [2.45, 2.75) is 182 Å². The van der Waals surface area contributed by atoms with Gasteiger partial charge in [0.1, 0.15) is 6.10 Å². The maximum atomic E-state index is 12.3. The highest BCUT2D eigenvalue weighted by Gasteiger charge is 2.90. The summed E-state index contributed by atoms with van der Waals surface area (Å²) in [5, 5.41) is 32.3. The lowest BCUT2D eigenvalue weighted by Gasteiger charge is -2.68. The summed E-state index contributed by atoms with van der Waals surface area (Å²) in [6.45, 7) is 28.1. The van der Waals surface area contributed by atoms with Crippen molar-refractivity contribution in [3.63, 3.8) is 0 Å². The number of carbonyl (C=O) groups excluding carboxylic acids is 1. The molecule has 5 aliphatic carbocycles. The monoisotopic (exact) mass is 730 g/mol. The fourth-order valence-electron chi connectivity index (χ4n) is 15.7. The van der Waals surface area contributed by atoms with E-state index in [0.717, 1.165) is 44.9 Å². The Morgan fingerprint density at radius 2 is 1.67 bits per heavy atom. The van der Waals surface area contributed by atoms with Gasteiger partial charge >= 0.3 is 5.97 Å². The third-order valence-corrected chi connectivity index (χ3v) is 18.6. The highest BCUT2D eigenvalue weighted by Crippen LogP contribution is 2.94.